The van der Waals surface area contributed by atoms with Gasteiger partial charge in [0.2, 0.25) is 0 Å². The summed E-state index contributed by atoms with van der Waals surface area (Å²) in [6.45, 7) is 3.68. The van der Waals surface area contributed by atoms with Gasteiger partial charge in [-0.25, -0.2) is 4.79 Å². The highest BCUT2D eigenvalue weighted by atomic mass is 16.7. The largest absolute Gasteiger partial charge is 0.350 e. The van der Waals surface area contributed by atoms with Gasteiger partial charge in [0.05, 0.1) is 13.2 Å². The molecule has 1 N–H and O–H groups in total. The van der Waals surface area contributed by atoms with Crippen LogP contribution in [0.2, 0.25) is 0 Å². The summed E-state index contributed by atoms with van der Waals surface area (Å²) in [5.74, 6) is 0.310. The van der Waals surface area contributed by atoms with Gasteiger partial charge in [0.1, 0.15) is 0 Å². The molecule has 0 aromatic rings. The summed E-state index contributed by atoms with van der Waals surface area (Å²) in [6, 6.07) is 0.0736. The van der Waals surface area contributed by atoms with Crippen molar-refractivity contribution in [2.75, 3.05) is 46.9 Å². The second-order valence-corrected chi connectivity index (χ2v) is 7.80. The van der Waals surface area contributed by atoms with E-state index < -0.39 is 0 Å². The van der Waals surface area contributed by atoms with Gasteiger partial charge < -0.3 is 24.6 Å². The lowest BCUT2D eigenvalue weighted by Crippen LogP contribution is -2.56. The van der Waals surface area contributed by atoms with E-state index in [1.807, 2.05) is 4.90 Å². The van der Waals surface area contributed by atoms with E-state index in [0.717, 1.165) is 32.5 Å². The molecule has 1 unspecified atom stereocenters. The van der Waals surface area contributed by atoms with E-state index in [-0.39, 0.29) is 17.9 Å². The van der Waals surface area contributed by atoms with Gasteiger partial charge >= 0.3 is 6.03 Å². The first-order chi connectivity index (χ1) is 11.6. The van der Waals surface area contributed by atoms with E-state index in [0.29, 0.717) is 19.1 Å². The van der Waals surface area contributed by atoms with Gasteiger partial charge in [0, 0.05) is 31.1 Å². The Kier molecular flexibility index (Phi) is 6.00. The molecule has 24 heavy (non-hydrogen) atoms. The minimum atomic E-state index is -0.118. The number of likely N-dealkylation sites (N-methyl/N-ethyl adjacent to an activating group) is 1. The quantitative estimate of drug-likeness (QED) is 0.852. The summed E-state index contributed by atoms with van der Waals surface area (Å²) in [6.07, 6.45) is 8.17. The molecule has 6 nitrogen and oxygen atoms in total. The Morgan fingerprint density at radius 3 is 2.54 bits per heavy atom. The maximum Gasteiger partial charge on any atom is 0.317 e. The minimum absolute atomic E-state index is 0.0736. The molecule has 1 atom stereocenters. The van der Waals surface area contributed by atoms with Crippen LogP contribution in [0.5, 0.6) is 0 Å². The van der Waals surface area contributed by atoms with Gasteiger partial charge in [-0.2, -0.15) is 0 Å². The molecule has 0 aromatic carbocycles. The molecule has 2 amide bonds. The fourth-order valence-corrected chi connectivity index (χ4v) is 4.41. The Hall–Kier alpha value is -0.850. The highest BCUT2D eigenvalue weighted by Crippen LogP contribution is 2.32. The standard InChI is InChI=1S/C18H33N3O3/c1-20(2)18(8-4-3-5-9-18)14-19-17(22)21-10-6-7-15(13-21)16-23-11-12-24-16/h15-16H,3-14H2,1-2H3,(H,19,22). The molecule has 3 aliphatic rings. The fourth-order valence-electron chi connectivity index (χ4n) is 4.41. The SMILES string of the molecule is CN(C)C1(CNC(=O)N2CCCC(C3OCCO3)C2)CCCCC1. The first kappa shape index (κ1) is 18.0. The molecule has 0 aromatic heterocycles. The first-order valence-electron chi connectivity index (χ1n) is 9.54. The number of carbonyl (C=O) groups is 1. The van der Waals surface area contributed by atoms with Crippen molar-refractivity contribution in [3.63, 3.8) is 0 Å². The van der Waals surface area contributed by atoms with Gasteiger partial charge in [-0.3, -0.25) is 0 Å². The van der Waals surface area contributed by atoms with E-state index in [1.54, 1.807) is 0 Å². The molecule has 0 spiro atoms. The van der Waals surface area contributed by atoms with Crippen LogP contribution in [0, 0.1) is 5.92 Å². The van der Waals surface area contributed by atoms with Gasteiger partial charge in [-0.15, -0.1) is 0 Å². The van der Waals surface area contributed by atoms with Crippen molar-refractivity contribution in [1.82, 2.24) is 15.1 Å². The summed E-state index contributed by atoms with van der Waals surface area (Å²) in [4.78, 5) is 16.9. The van der Waals surface area contributed by atoms with Gasteiger partial charge in [0.25, 0.3) is 0 Å². The number of rotatable bonds is 4. The topological polar surface area (TPSA) is 54.0 Å². The van der Waals surface area contributed by atoms with Crippen LogP contribution < -0.4 is 5.32 Å². The monoisotopic (exact) mass is 339 g/mol. The smallest absolute Gasteiger partial charge is 0.317 e. The number of ether oxygens (including phenoxy) is 2. The van der Waals surface area contributed by atoms with Crippen LogP contribution in [0.1, 0.15) is 44.9 Å². The molecule has 0 bridgehead atoms. The van der Waals surface area contributed by atoms with Crippen molar-refractivity contribution in [2.24, 2.45) is 5.92 Å². The lowest BCUT2D eigenvalue weighted by Gasteiger charge is -2.43. The highest BCUT2D eigenvalue weighted by molar-refractivity contribution is 5.74. The second kappa shape index (κ2) is 8.02. The van der Waals surface area contributed by atoms with Crippen LogP contribution in [0.15, 0.2) is 0 Å². The second-order valence-electron chi connectivity index (χ2n) is 7.80. The molecule has 2 aliphatic heterocycles. The molecule has 2 saturated heterocycles. The van der Waals surface area contributed by atoms with Crippen molar-refractivity contribution in [3.05, 3.63) is 0 Å². The molecule has 0 radical (unpaired) electrons. The summed E-state index contributed by atoms with van der Waals surface area (Å²) in [7, 11) is 4.28. The lowest BCUT2D eigenvalue weighted by atomic mass is 9.80. The molecular formula is C18H33N3O3. The maximum absolute atomic E-state index is 12.7. The number of urea groups is 1. The Bertz CT molecular complexity index is 418. The summed E-state index contributed by atoms with van der Waals surface area (Å²) in [5.41, 5.74) is 0.126. The number of amides is 2. The molecule has 138 valence electrons. The van der Waals surface area contributed by atoms with Crippen LogP contribution in [0.3, 0.4) is 0 Å². The average Bonchev–Trinajstić information content (AvgIpc) is 3.15. The predicted molar refractivity (Wildman–Crippen MR) is 92.9 cm³/mol. The van der Waals surface area contributed by atoms with E-state index >= 15 is 0 Å². The van der Waals surface area contributed by atoms with Crippen LogP contribution in [0.4, 0.5) is 4.79 Å². The first-order valence-corrected chi connectivity index (χ1v) is 9.54. The maximum atomic E-state index is 12.7. The zero-order chi connectivity index (χ0) is 17.0. The van der Waals surface area contributed by atoms with E-state index in [9.17, 15) is 4.79 Å². The summed E-state index contributed by atoms with van der Waals surface area (Å²) < 4.78 is 11.3. The third-order valence-electron chi connectivity index (χ3n) is 6.08. The van der Waals surface area contributed by atoms with Crippen molar-refractivity contribution >= 4 is 6.03 Å². The highest BCUT2D eigenvalue weighted by Gasteiger charge is 2.36. The number of hydrogen-bond acceptors (Lipinski definition) is 4. The number of piperidine rings is 1. The van der Waals surface area contributed by atoms with Crippen molar-refractivity contribution in [2.45, 2.75) is 56.8 Å². The van der Waals surface area contributed by atoms with Crippen LogP contribution in [-0.4, -0.2) is 74.6 Å². The van der Waals surface area contributed by atoms with Crippen LogP contribution in [0.25, 0.3) is 0 Å². The molecule has 6 heteroatoms. The number of likely N-dealkylation sites (tertiary alicyclic amines) is 1. The Balaban J connectivity index is 1.52. The molecule has 1 saturated carbocycles. The van der Waals surface area contributed by atoms with Crippen LogP contribution in [-0.2, 0) is 9.47 Å². The molecule has 3 rings (SSSR count). The van der Waals surface area contributed by atoms with Crippen molar-refractivity contribution in [3.8, 4) is 0 Å². The van der Waals surface area contributed by atoms with Gasteiger partial charge in [0.15, 0.2) is 6.29 Å². The normalized spacial score (nSPS) is 28.3. The molecule has 3 fully saturated rings. The van der Waals surface area contributed by atoms with Crippen molar-refractivity contribution < 1.29 is 14.3 Å². The van der Waals surface area contributed by atoms with E-state index in [4.69, 9.17) is 9.47 Å². The van der Waals surface area contributed by atoms with Crippen molar-refractivity contribution in [1.29, 1.82) is 0 Å². The average molecular weight is 339 g/mol. The number of hydrogen-bond donors (Lipinski definition) is 1. The summed E-state index contributed by atoms with van der Waals surface area (Å²) >= 11 is 0. The van der Waals surface area contributed by atoms with Gasteiger partial charge in [-0.1, -0.05) is 19.3 Å². The molecular weight excluding hydrogens is 306 g/mol. The zero-order valence-corrected chi connectivity index (χ0v) is 15.3. The van der Waals surface area contributed by atoms with E-state index in [2.05, 4.69) is 24.3 Å². The third-order valence-corrected chi connectivity index (χ3v) is 6.08. The van der Waals surface area contributed by atoms with Crippen LogP contribution >= 0.6 is 0 Å². The number of carbonyl (C=O) groups excluding carboxylic acids is 1. The summed E-state index contributed by atoms with van der Waals surface area (Å²) in [5, 5.41) is 3.22. The minimum Gasteiger partial charge on any atom is -0.350 e. The Labute approximate surface area is 145 Å². The van der Waals surface area contributed by atoms with E-state index in [1.165, 1.54) is 32.1 Å². The fraction of sp³-hybridized carbons (Fsp3) is 0.944. The Morgan fingerprint density at radius 1 is 1.17 bits per heavy atom. The van der Waals surface area contributed by atoms with Gasteiger partial charge in [-0.05, 0) is 39.8 Å². The lowest BCUT2D eigenvalue weighted by molar-refractivity contribution is -0.0963. The molecule has 2 heterocycles. The molecule has 1 aliphatic carbocycles. The number of nitrogens with zero attached hydrogens (tertiary/aromatic N) is 2. The third kappa shape index (κ3) is 4.03. The Morgan fingerprint density at radius 2 is 1.88 bits per heavy atom. The zero-order valence-electron chi connectivity index (χ0n) is 15.3. The predicted octanol–water partition coefficient (Wildman–Crippen LogP) is 2.05. The number of nitrogens with one attached hydrogen (secondary N) is 1.